The fourth-order valence-corrected chi connectivity index (χ4v) is 2.67. The summed E-state index contributed by atoms with van der Waals surface area (Å²) in [6, 6.07) is 12.5. The van der Waals surface area contributed by atoms with Gasteiger partial charge in [-0.15, -0.1) is 0 Å². The molecule has 0 saturated carbocycles. The highest BCUT2D eigenvalue weighted by atomic mass is 16.3. The van der Waals surface area contributed by atoms with Gasteiger partial charge in [0.1, 0.15) is 11.3 Å². The van der Waals surface area contributed by atoms with E-state index in [9.17, 15) is 19.5 Å². The highest BCUT2D eigenvalue weighted by molar-refractivity contribution is 6.39. The number of aromatic hydroxyl groups is 1. The average Bonchev–Trinajstić information content (AvgIpc) is 2.60. The first-order valence-corrected chi connectivity index (χ1v) is 8.18. The number of carbonyl (C=O) groups is 3. The maximum Gasteiger partial charge on any atom is 0.335 e. The molecule has 1 heterocycles. The molecule has 0 atom stereocenters. The number of phenols is 1. The third-order valence-corrected chi connectivity index (χ3v) is 4.16. The fraction of sp³-hybridized carbons (Fsp3) is 0.150. The van der Waals surface area contributed by atoms with Crippen LogP contribution in [0.15, 0.2) is 54.1 Å². The van der Waals surface area contributed by atoms with Crippen LogP contribution in [0.25, 0.3) is 6.08 Å². The summed E-state index contributed by atoms with van der Waals surface area (Å²) in [5.41, 5.74) is 1.53. The van der Waals surface area contributed by atoms with E-state index in [1.165, 1.54) is 12.1 Å². The number of phenolic OH excluding ortho intramolecular Hbond substituents is 1. The van der Waals surface area contributed by atoms with Crippen LogP contribution in [0.5, 0.6) is 5.75 Å². The molecule has 1 fully saturated rings. The Bertz CT molecular complexity index is 914. The summed E-state index contributed by atoms with van der Waals surface area (Å²) in [7, 11) is 0. The van der Waals surface area contributed by atoms with Gasteiger partial charge in [0.25, 0.3) is 11.8 Å². The number of urea groups is 1. The number of hydrogen-bond donors (Lipinski definition) is 2. The Morgan fingerprint density at radius 2 is 1.65 bits per heavy atom. The average molecular weight is 350 g/mol. The molecule has 132 valence electrons. The first-order chi connectivity index (χ1) is 12.4. The zero-order chi connectivity index (χ0) is 18.8. The molecule has 1 saturated heterocycles. The van der Waals surface area contributed by atoms with E-state index >= 15 is 0 Å². The Hall–Kier alpha value is -3.41. The molecule has 6 nitrogen and oxygen atoms in total. The Morgan fingerprint density at radius 3 is 2.27 bits per heavy atom. The molecule has 0 spiro atoms. The zero-order valence-electron chi connectivity index (χ0n) is 14.4. The first-order valence-electron chi connectivity index (χ1n) is 8.18. The second kappa shape index (κ2) is 6.84. The molecule has 3 rings (SSSR count). The topological polar surface area (TPSA) is 86.7 Å². The summed E-state index contributed by atoms with van der Waals surface area (Å²) in [6.07, 6.45) is 1.27. The van der Waals surface area contributed by atoms with Gasteiger partial charge in [-0.25, -0.2) is 9.69 Å². The lowest BCUT2D eigenvalue weighted by Gasteiger charge is -2.26. The monoisotopic (exact) mass is 350 g/mol. The van der Waals surface area contributed by atoms with Crippen LogP contribution in [0.2, 0.25) is 0 Å². The Morgan fingerprint density at radius 1 is 1.00 bits per heavy atom. The molecule has 0 bridgehead atoms. The van der Waals surface area contributed by atoms with Crippen molar-refractivity contribution in [2.75, 3.05) is 4.90 Å². The van der Waals surface area contributed by atoms with Crippen molar-refractivity contribution in [2.24, 2.45) is 0 Å². The van der Waals surface area contributed by atoms with Crippen molar-refractivity contribution in [3.8, 4) is 5.75 Å². The predicted molar refractivity (Wildman–Crippen MR) is 97.6 cm³/mol. The second-order valence-corrected chi connectivity index (χ2v) is 6.26. The van der Waals surface area contributed by atoms with Crippen LogP contribution < -0.4 is 10.2 Å². The molecule has 4 amide bonds. The Balaban J connectivity index is 1.99. The minimum Gasteiger partial charge on any atom is -0.507 e. The van der Waals surface area contributed by atoms with Gasteiger partial charge in [-0.2, -0.15) is 0 Å². The smallest absolute Gasteiger partial charge is 0.335 e. The van der Waals surface area contributed by atoms with Crippen LogP contribution in [-0.2, 0) is 9.59 Å². The van der Waals surface area contributed by atoms with E-state index in [1.54, 1.807) is 30.3 Å². The summed E-state index contributed by atoms with van der Waals surface area (Å²) in [4.78, 5) is 38.0. The van der Waals surface area contributed by atoms with Crippen molar-refractivity contribution >= 4 is 29.6 Å². The fourth-order valence-electron chi connectivity index (χ4n) is 2.67. The van der Waals surface area contributed by atoms with Gasteiger partial charge >= 0.3 is 6.03 Å². The van der Waals surface area contributed by atoms with Crippen molar-refractivity contribution in [3.05, 3.63) is 65.2 Å². The van der Waals surface area contributed by atoms with Crippen LogP contribution in [-0.4, -0.2) is 23.0 Å². The predicted octanol–water partition coefficient (Wildman–Crippen LogP) is 3.18. The second-order valence-electron chi connectivity index (χ2n) is 6.26. The van der Waals surface area contributed by atoms with Crippen molar-refractivity contribution in [1.29, 1.82) is 0 Å². The lowest BCUT2D eigenvalue weighted by atomic mass is 10.0. The zero-order valence-corrected chi connectivity index (χ0v) is 14.4. The third-order valence-electron chi connectivity index (χ3n) is 4.16. The van der Waals surface area contributed by atoms with Gasteiger partial charge in [-0.3, -0.25) is 14.9 Å². The van der Waals surface area contributed by atoms with Gasteiger partial charge < -0.3 is 5.11 Å². The van der Waals surface area contributed by atoms with Crippen molar-refractivity contribution < 1.29 is 19.5 Å². The molecular formula is C20H18N2O4. The van der Waals surface area contributed by atoms with Crippen LogP contribution in [0, 0.1) is 0 Å². The number of nitrogens with one attached hydrogen (secondary N) is 1. The molecule has 0 aliphatic carbocycles. The maximum atomic E-state index is 12.8. The van der Waals surface area contributed by atoms with Gasteiger partial charge in [-0.1, -0.05) is 44.2 Å². The van der Waals surface area contributed by atoms with E-state index in [0.717, 1.165) is 10.5 Å². The molecular weight excluding hydrogens is 332 g/mol. The number of barbiturate groups is 1. The SMILES string of the molecule is CC(C)c1ccc(N2C(=O)NC(=O)C(=Cc3ccccc3O)C2=O)cc1. The van der Waals surface area contributed by atoms with E-state index in [2.05, 4.69) is 5.32 Å². The van der Waals surface area contributed by atoms with E-state index in [1.807, 2.05) is 26.0 Å². The summed E-state index contributed by atoms with van der Waals surface area (Å²) < 4.78 is 0. The van der Waals surface area contributed by atoms with Crippen LogP contribution >= 0.6 is 0 Å². The van der Waals surface area contributed by atoms with Gasteiger partial charge in [0, 0.05) is 5.56 Å². The van der Waals surface area contributed by atoms with Crippen molar-refractivity contribution in [2.45, 2.75) is 19.8 Å². The number of carbonyl (C=O) groups excluding carboxylic acids is 3. The van der Waals surface area contributed by atoms with E-state index in [-0.39, 0.29) is 11.3 Å². The van der Waals surface area contributed by atoms with Crippen molar-refractivity contribution in [1.82, 2.24) is 5.32 Å². The molecule has 2 N–H and O–H groups in total. The number of hydrogen-bond acceptors (Lipinski definition) is 4. The van der Waals surface area contributed by atoms with Crippen LogP contribution in [0.1, 0.15) is 30.9 Å². The molecule has 2 aromatic rings. The Kier molecular flexibility index (Phi) is 4.58. The molecule has 2 aromatic carbocycles. The third kappa shape index (κ3) is 3.21. The number of imide groups is 2. The largest absolute Gasteiger partial charge is 0.507 e. The van der Waals surface area contributed by atoms with Gasteiger partial charge in [-0.05, 0) is 35.8 Å². The van der Waals surface area contributed by atoms with Crippen LogP contribution in [0.3, 0.4) is 0 Å². The minimum absolute atomic E-state index is 0.0645. The molecule has 0 unspecified atom stereocenters. The van der Waals surface area contributed by atoms with Gasteiger partial charge in [0.05, 0.1) is 5.69 Å². The molecule has 26 heavy (non-hydrogen) atoms. The quantitative estimate of drug-likeness (QED) is 0.657. The van der Waals surface area contributed by atoms with E-state index in [0.29, 0.717) is 17.2 Å². The first kappa shape index (κ1) is 17.4. The lowest BCUT2D eigenvalue weighted by Crippen LogP contribution is -2.54. The van der Waals surface area contributed by atoms with Crippen molar-refractivity contribution in [3.63, 3.8) is 0 Å². The Labute approximate surface area is 150 Å². The maximum absolute atomic E-state index is 12.8. The van der Waals surface area contributed by atoms with Gasteiger partial charge in [0.15, 0.2) is 0 Å². The standard InChI is InChI=1S/C20H18N2O4/c1-12(2)13-7-9-15(10-8-13)22-19(25)16(18(24)21-20(22)26)11-14-5-3-4-6-17(14)23/h3-12,23H,1-2H3,(H,21,24,26). The van der Waals surface area contributed by atoms with E-state index in [4.69, 9.17) is 0 Å². The number of para-hydroxylation sites is 1. The molecule has 6 heteroatoms. The number of amides is 4. The molecule has 1 aliphatic rings. The number of nitrogens with zero attached hydrogens (tertiary/aromatic N) is 1. The van der Waals surface area contributed by atoms with Crippen LogP contribution in [0.4, 0.5) is 10.5 Å². The molecule has 0 radical (unpaired) electrons. The highest BCUT2D eigenvalue weighted by Gasteiger charge is 2.36. The van der Waals surface area contributed by atoms with Gasteiger partial charge in [0.2, 0.25) is 0 Å². The number of rotatable bonds is 3. The molecule has 1 aliphatic heterocycles. The molecule has 0 aromatic heterocycles. The lowest BCUT2D eigenvalue weighted by molar-refractivity contribution is -0.122. The highest BCUT2D eigenvalue weighted by Crippen LogP contribution is 2.26. The minimum atomic E-state index is -0.799. The summed E-state index contributed by atoms with van der Waals surface area (Å²) in [5, 5.41) is 12.0. The number of anilines is 1. The number of benzene rings is 2. The summed E-state index contributed by atoms with van der Waals surface area (Å²) >= 11 is 0. The normalized spacial score (nSPS) is 16.3. The van der Waals surface area contributed by atoms with E-state index < -0.39 is 17.8 Å². The summed E-state index contributed by atoms with van der Waals surface area (Å²) in [5.74, 6) is -1.28. The summed E-state index contributed by atoms with van der Waals surface area (Å²) in [6.45, 7) is 4.08.